The number of phenolic OH excluding ortho intramolecular Hbond substituents is 1. The van der Waals surface area contributed by atoms with Gasteiger partial charge in [-0.15, -0.1) is 0 Å². The summed E-state index contributed by atoms with van der Waals surface area (Å²) < 4.78 is 20.3. The van der Waals surface area contributed by atoms with Gasteiger partial charge in [0.15, 0.2) is 11.6 Å². The van der Waals surface area contributed by atoms with Crippen molar-refractivity contribution in [3.63, 3.8) is 0 Å². The third-order valence-corrected chi connectivity index (χ3v) is 9.29. The summed E-state index contributed by atoms with van der Waals surface area (Å²) in [4.78, 5) is 28.9. The fraction of sp³-hybridized carbons (Fsp3) is 0.294. The predicted molar refractivity (Wildman–Crippen MR) is 170 cm³/mol. The van der Waals surface area contributed by atoms with E-state index in [1.165, 1.54) is 24.3 Å². The highest BCUT2D eigenvalue weighted by molar-refractivity contribution is 6.58. The second kappa shape index (κ2) is 12.8. The molecule has 2 heterocycles. The number of carbonyl (C=O) groups is 2. The van der Waals surface area contributed by atoms with Gasteiger partial charge in [-0.25, -0.2) is 4.39 Å². The number of hydrogen-bond donors (Lipinski definition) is 4. The van der Waals surface area contributed by atoms with E-state index in [9.17, 15) is 34.2 Å². The monoisotopic (exact) mass is 609 g/mol. The first kappa shape index (κ1) is 31.0. The van der Waals surface area contributed by atoms with Crippen LogP contribution in [0.4, 0.5) is 10.1 Å². The zero-order valence-corrected chi connectivity index (χ0v) is 24.8. The van der Waals surface area contributed by atoms with Crippen molar-refractivity contribution in [1.82, 2.24) is 0 Å². The number of carbonyl (C=O) groups excluding carboxylic acids is 2. The van der Waals surface area contributed by atoms with Crippen molar-refractivity contribution in [1.29, 1.82) is 0 Å². The number of amides is 2. The average molecular weight is 609 g/mol. The lowest BCUT2D eigenvalue weighted by Crippen LogP contribution is -2.46. The van der Waals surface area contributed by atoms with E-state index in [-0.39, 0.29) is 29.3 Å². The maximum absolute atomic E-state index is 14.2. The van der Waals surface area contributed by atoms with E-state index in [0.29, 0.717) is 31.2 Å². The summed E-state index contributed by atoms with van der Waals surface area (Å²) in [5, 5.41) is 39.9. The molecule has 2 amide bonds. The molecule has 2 saturated heterocycles. The predicted octanol–water partition coefficient (Wildman–Crippen LogP) is 3.94. The van der Waals surface area contributed by atoms with Crippen LogP contribution in [0.3, 0.4) is 0 Å². The standard InChI is InChI=1S/C34H34B2FNO7/c1-2-21-17-26-32(34(41)38(33(26)40)25-10-6-9-24(18-25)36(43)44)27-19-35(42)45-30(31(21)27)14-12-23(22-7-4-3-5-8-22)15-20-11-13-29(39)28(37)16-20/h3-11,13,15-16,18,26-27,30,32,39,42-44H,2,12,14,17,19H2,1H3/b23-15-/t26-,27+,30-,32-/m1/s1. The number of anilines is 1. The largest absolute Gasteiger partial charge is 0.505 e. The van der Waals surface area contributed by atoms with Crippen molar-refractivity contribution in [3.8, 4) is 5.75 Å². The van der Waals surface area contributed by atoms with Gasteiger partial charge in [0.25, 0.3) is 0 Å². The van der Waals surface area contributed by atoms with Crippen molar-refractivity contribution in [3.05, 3.63) is 101 Å². The normalized spacial score (nSPS) is 23.4. The van der Waals surface area contributed by atoms with E-state index < -0.39 is 49.7 Å². The molecule has 2 fully saturated rings. The Morgan fingerprint density at radius 1 is 1.04 bits per heavy atom. The van der Waals surface area contributed by atoms with E-state index in [1.54, 1.807) is 18.2 Å². The first-order valence-corrected chi connectivity index (χ1v) is 15.3. The van der Waals surface area contributed by atoms with Crippen LogP contribution in [0.25, 0.3) is 11.6 Å². The summed E-state index contributed by atoms with van der Waals surface area (Å²) in [6.45, 7) is 2.02. The molecule has 4 atom stereocenters. The number of allylic oxidation sites excluding steroid dienone is 2. The van der Waals surface area contributed by atoms with Crippen molar-refractivity contribution in [2.24, 2.45) is 17.8 Å². The Morgan fingerprint density at radius 3 is 2.53 bits per heavy atom. The summed E-state index contributed by atoms with van der Waals surface area (Å²) in [5.74, 6) is -3.47. The number of halogens is 1. The highest BCUT2D eigenvalue weighted by atomic mass is 19.1. The van der Waals surface area contributed by atoms with Crippen LogP contribution >= 0.6 is 0 Å². The van der Waals surface area contributed by atoms with Gasteiger partial charge in [0, 0.05) is 0 Å². The smallest absolute Gasteiger partial charge is 0.488 e. The van der Waals surface area contributed by atoms with Crippen molar-refractivity contribution >= 4 is 48.9 Å². The van der Waals surface area contributed by atoms with Crippen molar-refractivity contribution in [2.75, 3.05) is 4.90 Å². The molecule has 230 valence electrons. The SMILES string of the molecule is CCC1=C2[C@@H](CC/C(=C/c3ccc(O)c(F)c3)c3ccccc3)OB(O)C[C@@H]2[C@@H]2C(=O)N(c3cccc(B(O)O)c3)C(=O)[C@@H]2C1. The van der Waals surface area contributed by atoms with Crippen LogP contribution in [0.1, 0.15) is 43.7 Å². The van der Waals surface area contributed by atoms with Gasteiger partial charge in [0.2, 0.25) is 11.8 Å². The molecule has 0 radical (unpaired) electrons. The Labute approximate surface area is 261 Å². The minimum atomic E-state index is -1.74. The second-order valence-corrected chi connectivity index (χ2v) is 11.9. The van der Waals surface area contributed by atoms with Gasteiger partial charge in [-0.2, -0.15) is 0 Å². The van der Waals surface area contributed by atoms with Gasteiger partial charge < -0.3 is 24.8 Å². The quantitative estimate of drug-likeness (QED) is 0.132. The Balaban J connectivity index is 1.31. The third kappa shape index (κ3) is 6.01. The molecule has 3 aromatic carbocycles. The maximum atomic E-state index is 14.2. The van der Waals surface area contributed by atoms with Gasteiger partial charge in [0.05, 0.1) is 23.6 Å². The molecular formula is C34H34B2FNO7. The number of aromatic hydroxyl groups is 1. The van der Waals surface area contributed by atoms with Crippen LogP contribution in [-0.4, -0.2) is 52.3 Å². The second-order valence-electron chi connectivity index (χ2n) is 11.9. The number of rotatable bonds is 8. The molecule has 4 N–H and O–H groups in total. The molecule has 0 unspecified atom stereocenters. The summed E-state index contributed by atoms with van der Waals surface area (Å²) in [6.07, 6.45) is 3.62. The van der Waals surface area contributed by atoms with E-state index >= 15 is 0 Å². The Morgan fingerprint density at radius 2 is 1.82 bits per heavy atom. The molecule has 3 aromatic rings. The molecule has 0 bridgehead atoms. The minimum absolute atomic E-state index is 0.176. The minimum Gasteiger partial charge on any atom is -0.505 e. The molecule has 0 spiro atoms. The Bertz CT molecular complexity index is 1680. The fourth-order valence-electron chi connectivity index (χ4n) is 7.23. The first-order valence-electron chi connectivity index (χ1n) is 15.3. The molecule has 11 heteroatoms. The van der Waals surface area contributed by atoms with Crippen LogP contribution in [0.15, 0.2) is 83.9 Å². The highest BCUT2D eigenvalue weighted by Gasteiger charge is 2.57. The number of imide groups is 1. The lowest BCUT2D eigenvalue weighted by Gasteiger charge is -2.43. The average Bonchev–Trinajstić information content (AvgIpc) is 3.29. The van der Waals surface area contributed by atoms with Crippen LogP contribution in [0.2, 0.25) is 6.32 Å². The van der Waals surface area contributed by atoms with Gasteiger partial charge in [0.1, 0.15) is 0 Å². The summed E-state index contributed by atoms with van der Waals surface area (Å²) in [6, 6.07) is 20.0. The number of fused-ring (bicyclic) bond motifs is 3. The number of hydrogen-bond acceptors (Lipinski definition) is 7. The van der Waals surface area contributed by atoms with Crippen molar-refractivity contribution < 1.29 is 38.8 Å². The molecule has 8 nitrogen and oxygen atoms in total. The fourth-order valence-corrected chi connectivity index (χ4v) is 7.23. The molecule has 45 heavy (non-hydrogen) atoms. The van der Waals surface area contributed by atoms with Crippen LogP contribution in [0, 0.1) is 23.6 Å². The molecule has 0 saturated carbocycles. The topological polar surface area (TPSA) is 128 Å². The maximum Gasteiger partial charge on any atom is 0.488 e. The van der Waals surface area contributed by atoms with Gasteiger partial charge in [-0.3, -0.25) is 14.5 Å². The molecule has 6 rings (SSSR count). The van der Waals surface area contributed by atoms with Crippen LogP contribution in [-0.2, 0) is 14.2 Å². The lowest BCUT2D eigenvalue weighted by molar-refractivity contribution is -0.122. The van der Waals surface area contributed by atoms with E-state index in [1.807, 2.05) is 43.3 Å². The summed E-state index contributed by atoms with van der Waals surface area (Å²) >= 11 is 0. The highest BCUT2D eigenvalue weighted by Crippen LogP contribution is 2.52. The van der Waals surface area contributed by atoms with Crippen molar-refractivity contribution in [2.45, 2.75) is 45.0 Å². The van der Waals surface area contributed by atoms with Crippen LogP contribution in [0.5, 0.6) is 5.75 Å². The molecular weight excluding hydrogens is 575 g/mol. The zero-order valence-electron chi connectivity index (χ0n) is 24.8. The number of benzene rings is 3. The number of phenols is 1. The van der Waals surface area contributed by atoms with E-state index in [2.05, 4.69) is 0 Å². The zero-order chi connectivity index (χ0) is 31.8. The summed E-state index contributed by atoms with van der Waals surface area (Å²) in [7, 11) is -2.87. The van der Waals surface area contributed by atoms with Gasteiger partial charge in [-0.1, -0.05) is 67.1 Å². The molecule has 0 aromatic heterocycles. The van der Waals surface area contributed by atoms with Gasteiger partial charge in [-0.05, 0) is 89.9 Å². The molecule has 3 aliphatic rings. The van der Waals surface area contributed by atoms with E-state index in [4.69, 9.17) is 4.65 Å². The lowest BCUT2D eigenvalue weighted by atomic mass is 9.58. The molecule has 2 aliphatic heterocycles. The first-order chi connectivity index (χ1) is 21.7. The van der Waals surface area contributed by atoms with Gasteiger partial charge >= 0.3 is 14.2 Å². The number of nitrogens with zero attached hydrogens (tertiary/aromatic N) is 1. The third-order valence-electron chi connectivity index (χ3n) is 9.29. The van der Waals surface area contributed by atoms with E-state index in [0.717, 1.165) is 27.2 Å². The Kier molecular flexibility index (Phi) is 8.79. The molecule has 1 aliphatic carbocycles. The summed E-state index contributed by atoms with van der Waals surface area (Å²) in [5.41, 5.74) is 4.92. The Hall–Kier alpha value is -4.02. The van der Waals surface area contributed by atoms with Crippen LogP contribution < -0.4 is 10.4 Å².